The van der Waals surface area contributed by atoms with Crippen LogP contribution < -0.4 is 0 Å². The van der Waals surface area contributed by atoms with Crippen LogP contribution in [0.5, 0.6) is 0 Å². The maximum Gasteiger partial charge on any atom is 0.308 e. The summed E-state index contributed by atoms with van der Waals surface area (Å²) in [5.41, 5.74) is 2.25. The molecule has 0 unspecified atom stereocenters. The molecule has 1 saturated heterocycles. The molecule has 1 N–H and O–H groups in total. The van der Waals surface area contributed by atoms with Crippen LogP contribution in [0, 0.1) is 5.92 Å². The summed E-state index contributed by atoms with van der Waals surface area (Å²) in [4.78, 5) is 24.9. The van der Waals surface area contributed by atoms with Gasteiger partial charge in [0.25, 0.3) is 0 Å². The summed E-state index contributed by atoms with van der Waals surface area (Å²) in [6, 6.07) is 8.04. The Hall–Kier alpha value is -1.84. The average molecular weight is 275 g/mol. The van der Waals surface area contributed by atoms with Crippen LogP contribution in [0.1, 0.15) is 30.9 Å². The first-order chi connectivity index (χ1) is 9.60. The van der Waals surface area contributed by atoms with Gasteiger partial charge in [-0.15, -0.1) is 0 Å². The van der Waals surface area contributed by atoms with E-state index in [0.29, 0.717) is 25.9 Å². The topological polar surface area (TPSA) is 57.6 Å². The van der Waals surface area contributed by atoms with Crippen LogP contribution in [0.25, 0.3) is 0 Å². The van der Waals surface area contributed by atoms with Gasteiger partial charge in [0.1, 0.15) is 0 Å². The monoisotopic (exact) mass is 275 g/mol. The highest BCUT2D eigenvalue weighted by atomic mass is 16.4. The average Bonchev–Trinajstić information content (AvgIpc) is 2.48. The molecule has 1 aromatic rings. The van der Waals surface area contributed by atoms with Gasteiger partial charge in [-0.1, -0.05) is 31.2 Å². The summed E-state index contributed by atoms with van der Waals surface area (Å²) in [7, 11) is 0. The van der Waals surface area contributed by atoms with Crippen LogP contribution in [0.3, 0.4) is 0 Å². The minimum absolute atomic E-state index is 0.0280. The minimum atomic E-state index is -0.796. The number of carbonyl (C=O) groups is 2. The van der Waals surface area contributed by atoms with E-state index in [1.54, 1.807) is 4.90 Å². The summed E-state index contributed by atoms with van der Waals surface area (Å²) in [5.74, 6) is -1.18. The fraction of sp³-hybridized carbons (Fsp3) is 0.500. The van der Waals surface area contributed by atoms with E-state index in [1.807, 2.05) is 24.3 Å². The number of benzene rings is 1. The van der Waals surface area contributed by atoms with Gasteiger partial charge in [0.2, 0.25) is 5.91 Å². The lowest BCUT2D eigenvalue weighted by molar-refractivity contribution is -0.145. The fourth-order valence-corrected chi connectivity index (χ4v) is 2.58. The van der Waals surface area contributed by atoms with Gasteiger partial charge in [0.15, 0.2) is 0 Å². The van der Waals surface area contributed by atoms with E-state index < -0.39 is 11.9 Å². The molecule has 1 aliphatic rings. The van der Waals surface area contributed by atoms with Crippen LogP contribution in [0.4, 0.5) is 0 Å². The van der Waals surface area contributed by atoms with Crippen LogP contribution in [-0.4, -0.2) is 35.0 Å². The smallest absolute Gasteiger partial charge is 0.308 e. The Kier molecular flexibility index (Phi) is 4.77. The standard InChI is InChI=1S/C16H21NO3/c1-2-12-5-7-13(8-6-12)10-15(18)17-9-3-4-14(11-17)16(19)20/h5-8,14H,2-4,9-11H2,1H3,(H,19,20)/t14-/m0/s1. The second-order valence-corrected chi connectivity index (χ2v) is 5.36. The molecule has 4 heteroatoms. The van der Waals surface area contributed by atoms with Gasteiger partial charge in [0, 0.05) is 13.1 Å². The molecule has 0 radical (unpaired) electrons. The van der Waals surface area contributed by atoms with Gasteiger partial charge in [-0.05, 0) is 30.4 Å². The second kappa shape index (κ2) is 6.55. The molecule has 1 amide bonds. The van der Waals surface area contributed by atoms with E-state index in [0.717, 1.165) is 18.4 Å². The zero-order chi connectivity index (χ0) is 14.5. The molecule has 1 fully saturated rings. The van der Waals surface area contributed by atoms with Crippen molar-refractivity contribution < 1.29 is 14.7 Å². The van der Waals surface area contributed by atoms with Crippen LogP contribution in [-0.2, 0) is 22.4 Å². The summed E-state index contributed by atoms with van der Waals surface area (Å²) < 4.78 is 0. The van der Waals surface area contributed by atoms with Gasteiger partial charge >= 0.3 is 5.97 Å². The molecule has 20 heavy (non-hydrogen) atoms. The SMILES string of the molecule is CCc1ccc(CC(=O)N2CCC[C@H](C(=O)O)C2)cc1. The summed E-state index contributed by atoms with van der Waals surface area (Å²) in [5, 5.41) is 9.05. The number of hydrogen-bond acceptors (Lipinski definition) is 2. The van der Waals surface area contributed by atoms with Crippen molar-refractivity contribution in [2.45, 2.75) is 32.6 Å². The third-order valence-corrected chi connectivity index (χ3v) is 3.91. The molecule has 4 nitrogen and oxygen atoms in total. The third-order valence-electron chi connectivity index (χ3n) is 3.91. The molecule has 0 aromatic heterocycles. The first-order valence-corrected chi connectivity index (χ1v) is 7.18. The van der Waals surface area contributed by atoms with Crippen molar-refractivity contribution >= 4 is 11.9 Å². The molecule has 0 aliphatic carbocycles. The highest BCUT2D eigenvalue weighted by Gasteiger charge is 2.27. The van der Waals surface area contributed by atoms with Gasteiger partial charge < -0.3 is 10.0 Å². The van der Waals surface area contributed by atoms with Gasteiger partial charge in [-0.3, -0.25) is 9.59 Å². The maximum atomic E-state index is 12.2. The molecule has 1 aliphatic heterocycles. The molecular weight excluding hydrogens is 254 g/mol. The van der Waals surface area contributed by atoms with Crippen LogP contribution in [0.2, 0.25) is 0 Å². The Labute approximate surface area is 119 Å². The largest absolute Gasteiger partial charge is 0.481 e. The van der Waals surface area contributed by atoms with E-state index in [-0.39, 0.29) is 5.91 Å². The van der Waals surface area contributed by atoms with Crippen molar-refractivity contribution in [2.24, 2.45) is 5.92 Å². The van der Waals surface area contributed by atoms with Crippen molar-refractivity contribution in [3.8, 4) is 0 Å². The second-order valence-electron chi connectivity index (χ2n) is 5.36. The minimum Gasteiger partial charge on any atom is -0.481 e. The molecule has 2 rings (SSSR count). The molecular formula is C16H21NO3. The Morgan fingerprint density at radius 3 is 2.50 bits per heavy atom. The number of aryl methyl sites for hydroxylation is 1. The highest BCUT2D eigenvalue weighted by molar-refractivity contribution is 5.80. The Balaban J connectivity index is 1.95. The first kappa shape index (κ1) is 14.6. The fourth-order valence-electron chi connectivity index (χ4n) is 2.58. The number of nitrogens with zero attached hydrogens (tertiary/aromatic N) is 1. The molecule has 0 bridgehead atoms. The lowest BCUT2D eigenvalue weighted by Crippen LogP contribution is -2.42. The van der Waals surface area contributed by atoms with Crippen molar-refractivity contribution in [3.05, 3.63) is 35.4 Å². The van der Waals surface area contributed by atoms with Crippen molar-refractivity contribution in [2.75, 3.05) is 13.1 Å². The quantitative estimate of drug-likeness (QED) is 0.915. The van der Waals surface area contributed by atoms with E-state index in [1.165, 1.54) is 5.56 Å². The lowest BCUT2D eigenvalue weighted by atomic mass is 9.97. The van der Waals surface area contributed by atoms with E-state index in [4.69, 9.17) is 5.11 Å². The molecule has 1 heterocycles. The van der Waals surface area contributed by atoms with Gasteiger partial charge in [-0.25, -0.2) is 0 Å². The number of carbonyl (C=O) groups excluding carboxylic acids is 1. The normalized spacial score (nSPS) is 18.9. The molecule has 1 atom stereocenters. The molecule has 108 valence electrons. The molecule has 0 spiro atoms. The predicted molar refractivity (Wildman–Crippen MR) is 76.5 cm³/mol. The number of amides is 1. The summed E-state index contributed by atoms with van der Waals surface area (Å²) in [6.07, 6.45) is 2.79. The van der Waals surface area contributed by atoms with E-state index in [2.05, 4.69) is 6.92 Å². The van der Waals surface area contributed by atoms with E-state index >= 15 is 0 Å². The van der Waals surface area contributed by atoms with Crippen LogP contribution in [0.15, 0.2) is 24.3 Å². The maximum absolute atomic E-state index is 12.2. The number of carboxylic acid groups (broad SMARTS) is 1. The van der Waals surface area contributed by atoms with Crippen molar-refractivity contribution in [3.63, 3.8) is 0 Å². The first-order valence-electron chi connectivity index (χ1n) is 7.18. The number of piperidine rings is 1. The van der Waals surface area contributed by atoms with Crippen molar-refractivity contribution in [1.29, 1.82) is 0 Å². The predicted octanol–water partition coefficient (Wildman–Crippen LogP) is 2.11. The van der Waals surface area contributed by atoms with Crippen LogP contribution >= 0.6 is 0 Å². The highest BCUT2D eigenvalue weighted by Crippen LogP contribution is 2.18. The van der Waals surface area contributed by atoms with E-state index in [9.17, 15) is 9.59 Å². The number of carboxylic acids is 1. The zero-order valence-corrected chi connectivity index (χ0v) is 11.8. The third kappa shape index (κ3) is 3.59. The Morgan fingerprint density at radius 1 is 1.25 bits per heavy atom. The number of aliphatic carboxylic acids is 1. The number of rotatable bonds is 4. The van der Waals surface area contributed by atoms with Crippen molar-refractivity contribution in [1.82, 2.24) is 4.90 Å². The summed E-state index contributed by atoms with van der Waals surface area (Å²) >= 11 is 0. The van der Waals surface area contributed by atoms with Gasteiger partial charge in [-0.2, -0.15) is 0 Å². The summed E-state index contributed by atoms with van der Waals surface area (Å²) in [6.45, 7) is 3.12. The lowest BCUT2D eigenvalue weighted by Gasteiger charge is -2.30. The molecule has 0 saturated carbocycles. The number of hydrogen-bond donors (Lipinski definition) is 1. The number of likely N-dealkylation sites (tertiary alicyclic amines) is 1. The van der Waals surface area contributed by atoms with Gasteiger partial charge in [0.05, 0.1) is 12.3 Å². The zero-order valence-electron chi connectivity index (χ0n) is 11.8. The molecule has 1 aromatic carbocycles. The Morgan fingerprint density at radius 2 is 1.90 bits per heavy atom. The Bertz CT molecular complexity index is 481.